The fraction of sp³-hybridized carbons (Fsp3) is 0.500. The van der Waals surface area contributed by atoms with Gasteiger partial charge in [0.25, 0.3) is 11.6 Å². The number of aromatic nitrogens is 2. The number of aliphatic hydroxyl groups is 2. The molecule has 18 heavy (non-hydrogen) atoms. The van der Waals surface area contributed by atoms with E-state index in [0.717, 1.165) is 10.6 Å². The van der Waals surface area contributed by atoms with Gasteiger partial charge in [-0.15, -0.1) is 0 Å². The van der Waals surface area contributed by atoms with Gasteiger partial charge in [-0.1, -0.05) is 0 Å². The Hall–Kier alpha value is -1.95. The molecule has 96 valence electrons. The smallest absolute Gasteiger partial charge is 0.330 e. The molecule has 1 aromatic heterocycles. The summed E-state index contributed by atoms with van der Waals surface area (Å²) in [5, 5.41) is 18.7. The van der Waals surface area contributed by atoms with E-state index in [9.17, 15) is 14.7 Å². The highest BCUT2D eigenvalue weighted by Gasteiger charge is 2.49. The Morgan fingerprint density at radius 3 is 2.83 bits per heavy atom. The molecule has 1 aromatic rings. The Balaban J connectivity index is 2.42. The van der Waals surface area contributed by atoms with E-state index in [0.29, 0.717) is 0 Å². The second-order valence-corrected chi connectivity index (χ2v) is 3.88. The minimum Gasteiger partial charge on any atom is -0.394 e. The average molecular weight is 253 g/mol. The lowest BCUT2D eigenvalue weighted by Gasteiger charge is -2.13. The first kappa shape index (κ1) is 12.5. The van der Waals surface area contributed by atoms with Crippen LogP contribution in [0.15, 0.2) is 21.9 Å². The monoisotopic (exact) mass is 253 g/mol. The van der Waals surface area contributed by atoms with E-state index in [2.05, 4.69) is 4.85 Å². The van der Waals surface area contributed by atoms with Crippen molar-refractivity contribution in [3.05, 3.63) is 44.5 Å². The summed E-state index contributed by atoms with van der Waals surface area (Å²) in [6.07, 6.45) is -1.94. The van der Waals surface area contributed by atoms with E-state index in [4.69, 9.17) is 16.4 Å². The van der Waals surface area contributed by atoms with E-state index < -0.39 is 42.3 Å². The molecule has 0 bridgehead atoms. The molecule has 4 atom stereocenters. The largest absolute Gasteiger partial charge is 0.394 e. The highest BCUT2D eigenvalue weighted by Crippen LogP contribution is 2.30. The molecule has 0 amide bonds. The predicted molar refractivity (Wildman–Crippen MR) is 58.7 cm³/mol. The average Bonchev–Trinajstić information content (AvgIpc) is 2.65. The molecule has 0 radical (unpaired) electrons. The van der Waals surface area contributed by atoms with Gasteiger partial charge in [-0.25, -0.2) is 11.4 Å². The molecule has 0 saturated carbocycles. The summed E-state index contributed by atoms with van der Waals surface area (Å²) in [5.74, 6) is 0. The zero-order valence-corrected chi connectivity index (χ0v) is 9.18. The molecule has 0 aromatic carbocycles. The Kier molecular flexibility index (Phi) is 3.29. The molecule has 8 heteroatoms. The maximum Gasteiger partial charge on any atom is 0.330 e. The standard InChI is InChI=1S/C10H11N3O5/c1-11-7-8(16)5(4-14)18-9(7)13-3-2-6(15)12-10(13)17/h2-3,5,7-9,14,16H,4H2,(H,12,15,17)/t5-,7+,8-,9-/m1/s1. The van der Waals surface area contributed by atoms with Gasteiger partial charge in [0.15, 0.2) is 6.10 Å². The van der Waals surface area contributed by atoms with Crippen molar-refractivity contribution >= 4 is 0 Å². The number of nitrogens with zero attached hydrogens (tertiary/aromatic N) is 2. The van der Waals surface area contributed by atoms with Crippen LogP contribution in [0, 0.1) is 6.57 Å². The Morgan fingerprint density at radius 1 is 1.56 bits per heavy atom. The minimum absolute atomic E-state index is 0.457. The van der Waals surface area contributed by atoms with Crippen LogP contribution in [0.25, 0.3) is 4.85 Å². The van der Waals surface area contributed by atoms with Crippen LogP contribution in [-0.4, -0.2) is 44.6 Å². The van der Waals surface area contributed by atoms with Crippen molar-refractivity contribution in [2.75, 3.05) is 6.61 Å². The summed E-state index contributed by atoms with van der Waals surface area (Å²) in [4.78, 5) is 27.7. The molecule has 8 nitrogen and oxygen atoms in total. The van der Waals surface area contributed by atoms with E-state index in [-0.39, 0.29) is 0 Å². The number of rotatable bonds is 2. The molecule has 3 N–H and O–H groups in total. The van der Waals surface area contributed by atoms with Gasteiger partial charge in [0.2, 0.25) is 6.23 Å². The van der Waals surface area contributed by atoms with Crippen molar-refractivity contribution in [3.8, 4) is 0 Å². The second kappa shape index (κ2) is 4.73. The third-order valence-corrected chi connectivity index (χ3v) is 2.79. The zero-order valence-electron chi connectivity index (χ0n) is 9.18. The van der Waals surface area contributed by atoms with E-state index in [1.54, 1.807) is 0 Å². The lowest BCUT2D eigenvalue weighted by atomic mass is 10.1. The Morgan fingerprint density at radius 2 is 2.28 bits per heavy atom. The highest BCUT2D eigenvalue weighted by atomic mass is 16.5. The molecule has 1 aliphatic heterocycles. The number of aliphatic hydroxyl groups excluding tert-OH is 2. The molecule has 0 unspecified atom stereocenters. The molecule has 1 fully saturated rings. The Bertz CT molecular complexity index is 586. The van der Waals surface area contributed by atoms with Crippen LogP contribution in [0.5, 0.6) is 0 Å². The van der Waals surface area contributed by atoms with E-state index >= 15 is 0 Å². The summed E-state index contributed by atoms with van der Waals surface area (Å²) >= 11 is 0. The summed E-state index contributed by atoms with van der Waals surface area (Å²) in [5.41, 5.74) is -1.29. The van der Waals surface area contributed by atoms with Crippen LogP contribution in [0.1, 0.15) is 6.23 Å². The molecule has 1 aliphatic rings. The van der Waals surface area contributed by atoms with Crippen molar-refractivity contribution in [1.29, 1.82) is 0 Å². The quantitative estimate of drug-likeness (QED) is 0.532. The van der Waals surface area contributed by atoms with Gasteiger partial charge in [-0.05, 0) is 0 Å². The van der Waals surface area contributed by atoms with Crippen molar-refractivity contribution in [3.63, 3.8) is 0 Å². The van der Waals surface area contributed by atoms with Crippen LogP contribution in [0.4, 0.5) is 0 Å². The number of hydrogen-bond donors (Lipinski definition) is 3. The maximum absolute atomic E-state index is 11.6. The van der Waals surface area contributed by atoms with Gasteiger partial charge >= 0.3 is 5.69 Å². The van der Waals surface area contributed by atoms with Crippen LogP contribution in [0.3, 0.4) is 0 Å². The van der Waals surface area contributed by atoms with Crippen LogP contribution >= 0.6 is 0 Å². The van der Waals surface area contributed by atoms with Crippen LogP contribution in [-0.2, 0) is 4.74 Å². The molecular weight excluding hydrogens is 242 g/mol. The van der Waals surface area contributed by atoms with Crippen molar-refractivity contribution in [2.24, 2.45) is 0 Å². The first-order chi connectivity index (χ1) is 8.58. The first-order valence-electron chi connectivity index (χ1n) is 5.21. The predicted octanol–water partition coefficient (Wildman–Crippen LogP) is -1.92. The Labute approximate surface area is 101 Å². The minimum atomic E-state index is -1.18. The van der Waals surface area contributed by atoms with E-state index in [1.807, 2.05) is 4.98 Å². The topological polar surface area (TPSA) is 109 Å². The fourth-order valence-electron chi connectivity index (χ4n) is 1.88. The van der Waals surface area contributed by atoms with Gasteiger partial charge < -0.3 is 19.8 Å². The molecule has 0 spiro atoms. The van der Waals surface area contributed by atoms with Crippen molar-refractivity contribution < 1.29 is 14.9 Å². The number of aromatic amines is 1. The fourth-order valence-corrected chi connectivity index (χ4v) is 1.88. The van der Waals surface area contributed by atoms with Crippen molar-refractivity contribution in [1.82, 2.24) is 9.55 Å². The number of hydrogen-bond acceptors (Lipinski definition) is 5. The van der Waals surface area contributed by atoms with Crippen molar-refractivity contribution in [2.45, 2.75) is 24.5 Å². The van der Waals surface area contributed by atoms with E-state index in [1.165, 1.54) is 6.20 Å². The maximum atomic E-state index is 11.6. The second-order valence-electron chi connectivity index (χ2n) is 3.88. The zero-order chi connectivity index (χ0) is 13.3. The van der Waals surface area contributed by atoms with Crippen LogP contribution in [0.2, 0.25) is 0 Å². The molecule has 0 aliphatic carbocycles. The van der Waals surface area contributed by atoms with Gasteiger partial charge in [-0.3, -0.25) is 14.3 Å². The molecular formula is C10H11N3O5. The molecule has 1 saturated heterocycles. The lowest BCUT2D eigenvalue weighted by molar-refractivity contribution is -0.0461. The summed E-state index contributed by atoms with van der Waals surface area (Å²) in [6, 6.07) is 0.107. The number of H-pyrrole nitrogens is 1. The summed E-state index contributed by atoms with van der Waals surface area (Å²) in [7, 11) is 0. The third kappa shape index (κ3) is 1.95. The molecule has 2 rings (SSSR count). The van der Waals surface area contributed by atoms with Gasteiger partial charge in [0.05, 0.1) is 6.61 Å². The first-order valence-corrected chi connectivity index (χ1v) is 5.21. The summed E-state index contributed by atoms with van der Waals surface area (Å²) in [6.45, 7) is 6.55. The van der Waals surface area contributed by atoms with Gasteiger partial charge in [0, 0.05) is 12.3 Å². The third-order valence-electron chi connectivity index (χ3n) is 2.79. The van der Waals surface area contributed by atoms with Gasteiger partial charge in [0.1, 0.15) is 6.10 Å². The highest BCUT2D eigenvalue weighted by molar-refractivity contribution is 5.01. The summed E-state index contributed by atoms with van der Waals surface area (Å²) < 4.78 is 6.28. The van der Waals surface area contributed by atoms with Gasteiger partial charge in [-0.2, -0.15) is 0 Å². The molecule has 2 heterocycles. The number of nitrogens with one attached hydrogen (secondary N) is 1. The lowest BCUT2D eigenvalue weighted by Crippen LogP contribution is -2.36. The number of ether oxygens (including phenoxy) is 1. The normalized spacial score (nSPS) is 31.2. The SMILES string of the molecule is [C-]#[N+][C@H]1[C@H](O)[C@@H](CO)O[C@H]1n1ccc(=O)[nH]c1=O. The van der Waals surface area contributed by atoms with Crippen LogP contribution < -0.4 is 11.2 Å².